The van der Waals surface area contributed by atoms with Crippen LogP contribution in [-0.4, -0.2) is 90.5 Å². The van der Waals surface area contributed by atoms with Crippen molar-refractivity contribution < 1.29 is 33.4 Å². The lowest BCUT2D eigenvalue weighted by atomic mass is 9.96. The highest BCUT2D eigenvalue weighted by atomic mass is 16.5. The number of aromatic nitrogens is 6. The zero-order valence-electron chi connectivity index (χ0n) is 22.6. The van der Waals surface area contributed by atoms with Gasteiger partial charge in [0.1, 0.15) is 12.6 Å². The van der Waals surface area contributed by atoms with Crippen LogP contribution in [0.25, 0.3) is 0 Å². The van der Waals surface area contributed by atoms with Gasteiger partial charge in [-0.2, -0.15) is 0 Å². The van der Waals surface area contributed by atoms with E-state index in [1.54, 1.807) is 37.5 Å². The molecule has 2 N–H and O–H groups in total. The Hall–Kier alpha value is -5.12. The van der Waals surface area contributed by atoms with Crippen molar-refractivity contribution in [3.63, 3.8) is 0 Å². The number of aryl methyl sites for hydroxylation is 1. The second-order valence-electron chi connectivity index (χ2n) is 9.30. The molecule has 5 rings (SSSR count). The summed E-state index contributed by atoms with van der Waals surface area (Å²) in [6, 6.07) is 4.64. The molecule has 16 nitrogen and oxygen atoms in total. The number of imide groups is 2. The summed E-state index contributed by atoms with van der Waals surface area (Å²) in [4.78, 5) is 72.4. The first-order valence-corrected chi connectivity index (χ1v) is 13.3. The predicted molar refractivity (Wildman–Crippen MR) is 140 cm³/mol. The third kappa shape index (κ3) is 5.83. The van der Waals surface area contributed by atoms with Gasteiger partial charge in [0.2, 0.25) is 11.8 Å². The molecule has 2 aliphatic heterocycles. The summed E-state index contributed by atoms with van der Waals surface area (Å²) in [6.45, 7) is 2.38. The third-order valence-electron chi connectivity index (χ3n) is 6.69. The summed E-state index contributed by atoms with van der Waals surface area (Å²) in [7, 11) is 0. The Morgan fingerprint density at radius 3 is 2.71 bits per heavy atom. The number of hydrogen-bond donors (Lipinski definition) is 2. The highest BCUT2D eigenvalue weighted by Crippen LogP contribution is 2.34. The molecule has 0 spiro atoms. The van der Waals surface area contributed by atoms with Crippen molar-refractivity contribution in [3.8, 4) is 6.01 Å². The van der Waals surface area contributed by atoms with E-state index >= 15 is 0 Å². The molecule has 3 aromatic rings. The number of tetrazole rings is 1. The number of piperidine rings is 1. The second-order valence-corrected chi connectivity index (χ2v) is 9.30. The van der Waals surface area contributed by atoms with Gasteiger partial charge in [0.05, 0.1) is 36.7 Å². The zero-order valence-corrected chi connectivity index (χ0v) is 22.6. The van der Waals surface area contributed by atoms with Crippen LogP contribution in [-0.2, 0) is 25.7 Å². The maximum Gasteiger partial charge on any atom is 0.316 e. The Bertz CT molecular complexity index is 1510. The van der Waals surface area contributed by atoms with Crippen LogP contribution < -0.4 is 15.4 Å². The SMILES string of the molecule is CCOC(=O)CCn1nnnc1C(NCCOc1ncccn1)c1cccc2c1C(=O)N(C1CCC(=O)NC1=O)C2=O. The van der Waals surface area contributed by atoms with E-state index in [9.17, 15) is 24.0 Å². The topological polar surface area (TPSA) is 200 Å². The molecule has 4 heterocycles. The molecule has 4 amide bonds. The predicted octanol–water partition coefficient (Wildman–Crippen LogP) is -0.424. The highest BCUT2D eigenvalue weighted by molar-refractivity contribution is 6.24. The van der Waals surface area contributed by atoms with E-state index in [0.29, 0.717) is 5.56 Å². The molecule has 1 aromatic carbocycles. The molecule has 2 aromatic heterocycles. The van der Waals surface area contributed by atoms with Crippen LogP contribution in [0.3, 0.4) is 0 Å². The summed E-state index contributed by atoms with van der Waals surface area (Å²) < 4.78 is 12.0. The van der Waals surface area contributed by atoms with Gasteiger partial charge in [-0.25, -0.2) is 14.6 Å². The van der Waals surface area contributed by atoms with Crippen LogP contribution >= 0.6 is 0 Å². The van der Waals surface area contributed by atoms with Gasteiger partial charge >= 0.3 is 12.0 Å². The Morgan fingerprint density at radius 2 is 1.95 bits per heavy atom. The Balaban J connectivity index is 1.45. The van der Waals surface area contributed by atoms with E-state index in [4.69, 9.17) is 9.47 Å². The molecule has 2 atom stereocenters. The fourth-order valence-corrected chi connectivity index (χ4v) is 4.84. The number of hydrogen-bond acceptors (Lipinski definition) is 13. The lowest BCUT2D eigenvalue weighted by Crippen LogP contribution is -2.54. The van der Waals surface area contributed by atoms with Crippen LogP contribution in [0.2, 0.25) is 0 Å². The fraction of sp³-hybridized carbons (Fsp3) is 0.385. The number of esters is 1. The van der Waals surface area contributed by atoms with Crippen molar-refractivity contribution in [2.45, 2.75) is 44.8 Å². The lowest BCUT2D eigenvalue weighted by molar-refractivity contribution is -0.143. The maximum absolute atomic E-state index is 13.8. The van der Waals surface area contributed by atoms with Crippen LogP contribution in [0.15, 0.2) is 36.7 Å². The van der Waals surface area contributed by atoms with Crippen LogP contribution in [0.4, 0.5) is 0 Å². The Labute approximate surface area is 238 Å². The Morgan fingerprint density at radius 1 is 1.14 bits per heavy atom. The Kier molecular flexibility index (Phi) is 8.52. The van der Waals surface area contributed by atoms with Gasteiger partial charge in [0.25, 0.3) is 11.8 Å². The first kappa shape index (κ1) is 28.4. The van der Waals surface area contributed by atoms with Gasteiger partial charge in [0, 0.05) is 25.4 Å². The molecule has 2 unspecified atom stereocenters. The quantitative estimate of drug-likeness (QED) is 0.160. The van der Waals surface area contributed by atoms with Gasteiger partial charge in [-0.05, 0) is 41.5 Å². The number of ether oxygens (including phenoxy) is 2. The smallest absolute Gasteiger partial charge is 0.316 e. The van der Waals surface area contributed by atoms with Crippen LogP contribution in [0.1, 0.15) is 64.3 Å². The average Bonchev–Trinajstić information content (AvgIpc) is 3.55. The summed E-state index contributed by atoms with van der Waals surface area (Å²) in [5, 5.41) is 17.4. The monoisotopic (exact) mass is 577 g/mol. The molecule has 0 radical (unpaired) electrons. The summed E-state index contributed by atoms with van der Waals surface area (Å²) in [5.41, 5.74) is 0.564. The minimum absolute atomic E-state index is 0.000655. The molecule has 1 saturated heterocycles. The van der Waals surface area contributed by atoms with Gasteiger partial charge in [-0.3, -0.25) is 34.2 Å². The molecule has 42 heavy (non-hydrogen) atoms. The lowest BCUT2D eigenvalue weighted by Gasteiger charge is -2.28. The number of amides is 4. The van der Waals surface area contributed by atoms with Gasteiger partial charge in [-0.15, -0.1) is 5.10 Å². The van der Waals surface area contributed by atoms with Gasteiger partial charge in [-0.1, -0.05) is 12.1 Å². The zero-order chi connectivity index (χ0) is 29.6. The third-order valence-corrected chi connectivity index (χ3v) is 6.69. The number of nitrogens with zero attached hydrogens (tertiary/aromatic N) is 7. The van der Waals surface area contributed by atoms with Crippen molar-refractivity contribution in [2.75, 3.05) is 19.8 Å². The van der Waals surface area contributed by atoms with E-state index < -0.39 is 41.7 Å². The number of carbonyl (C=O) groups is 5. The van der Waals surface area contributed by atoms with E-state index in [-0.39, 0.29) is 68.5 Å². The molecule has 0 saturated carbocycles. The van der Waals surface area contributed by atoms with Crippen LogP contribution in [0.5, 0.6) is 6.01 Å². The first-order valence-electron chi connectivity index (χ1n) is 13.3. The molecule has 218 valence electrons. The molecule has 0 aliphatic carbocycles. The number of nitrogens with one attached hydrogen (secondary N) is 2. The standard InChI is InChI=1S/C26H27N9O7/c1-2-41-19(37)9-13-34-22(31-32-33-34)21(27-12-14-42-26-28-10-4-11-29-26)15-5-3-6-16-20(15)25(40)35(24(16)39)17-7-8-18(36)30-23(17)38/h3-6,10-11,17,21,27H,2,7-9,12-14H2,1H3,(H,30,36,38). The van der Waals surface area contributed by atoms with E-state index in [2.05, 4.69) is 36.1 Å². The minimum atomic E-state index is -1.12. The minimum Gasteiger partial charge on any atom is -0.466 e. The highest BCUT2D eigenvalue weighted by Gasteiger charge is 2.46. The van der Waals surface area contributed by atoms with Crippen molar-refractivity contribution in [2.24, 2.45) is 0 Å². The van der Waals surface area contributed by atoms with E-state index in [1.807, 2.05) is 0 Å². The normalized spacial score (nSPS) is 17.2. The molecule has 16 heteroatoms. The number of rotatable bonds is 12. The van der Waals surface area contributed by atoms with Crippen molar-refractivity contribution in [1.82, 2.24) is 45.7 Å². The molecular weight excluding hydrogens is 550 g/mol. The summed E-state index contributed by atoms with van der Waals surface area (Å²) in [6.07, 6.45) is 3.11. The maximum atomic E-state index is 13.8. The van der Waals surface area contributed by atoms with Gasteiger partial charge in [0.15, 0.2) is 5.82 Å². The summed E-state index contributed by atoms with van der Waals surface area (Å²) in [5.74, 6) is -2.65. The van der Waals surface area contributed by atoms with Crippen LogP contribution in [0, 0.1) is 0 Å². The molecule has 0 bridgehead atoms. The largest absolute Gasteiger partial charge is 0.466 e. The second kappa shape index (κ2) is 12.6. The summed E-state index contributed by atoms with van der Waals surface area (Å²) >= 11 is 0. The van der Waals surface area contributed by atoms with Crippen molar-refractivity contribution >= 4 is 29.6 Å². The van der Waals surface area contributed by atoms with E-state index in [0.717, 1.165) is 4.90 Å². The van der Waals surface area contributed by atoms with Gasteiger partial charge < -0.3 is 14.8 Å². The molecular formula is C26H27N9O7. The first-order chi connectivity index (χ1) is 20.4. The van der Waals surface area contributed by atoms with Crippen molar-refractivity contribution in [3.05, 3.63) is 59.2 Å². The van der Waals surface area contributed by atoms with E-state index in [1.165, 1.54) is 10.7 Å². The number of fused-ring (bicyclic) bond motifs is 1. The van der Waals surface area contributed by atoms with Crippen molar-refractivity contribution in [1.29, 1.82) is 0 Å². The number of benzene rings is 1. The average molecular weight is 578 g/mol. The molecule has 2 aliphatic rings. The number of carbonyl (C=O) groups excluding carboxylic acids is 5. The molecule has 1 fully saturated rings. The fourth-order valence-electron chi connectivity index (χ4n) is 4.84.